The number of phenols is 1. The number of carbonyl (C=O) groups is 2. The van der Waals surface area contributed by atoms with Crippen LogP contribution in [0, 0.1) is 0 Å². The van der Waals surface area contributed by atoms with Gasteiger partial charge < -0.3 is 21.1 Å². The maximum atomic E-state index is 11.0. The van der Waals surface area contributed by atoms with E-state index in [1.165, 1.54) is 19.1 Å². The smallest absolute Gasteiger partial charge is 0.249 e. The Balaban J connectivity index is 3.05. The molecule has 1 amide bonds. The van der Waals surface area contributed by atoms with Gasteiger partial charge in [-0.3, -0.25) is 9.59 Å². The second kappa shape index (κ2) is 4.94. The Labute approximate surface area is 97.3 Å². The summed E-state index contributed by atoms with van der Waals surface area (Å²) >= 11 is 0. The Kier molecular flexibility index (Phi) is 3.82. The summed E-state index contributed by atoms with van der Waals surface area (Å²) in [7, 11) is 0. The van der Waals surface area contributed by atoms with E-state index in [9.17, 15) is 24.9 Å². The SMILES string of the molecule is CC(=O)c1ccc(C(O)C(O)C(N)=O)cc1O. The highest BCUT2D eigenvalue weighted by atomic mass is 16.3. The molecule has 1 aromatic rings. The van der Waals surface area contributed by atoms with Crippen LogP contribution in [-0.2, 0) is 4.79 Å². The summed E-state index contributed by atoms with van der Waals surface area (Å²) in [5.41, 5.74) is 5.01. The van der Waals surface area contributed by atoms with Crippen LogP contribution in [-0.4, -0.2) is 33.1 Å². The van der Waals surface area contributed by atoms with Crippen LogP contribution in [0.4, 0.5) is 0 Å². The zero-order valence-electron chi connectivity index (χ0n) is 9.12. The first-order valence-corrected chi connectivity index (χ1v) is 4.84. The topological polar surface area (TPSA) is 121 Å². The Morgan fingerprint density at radius 3 is 2.29 bits per heavy atom. The first-order valence-electron chi connectivity index (χ1n) is 4.84. The molecule has 6 heteroatoms. The number of Topliss-reactive ketones (excluding diaryl/α,β-unsaturated/α-hetero) is 1. The second-order valence-corrected chi connectivity index (χ2v) is 3.62. The molecule has 0 fully saturated rings. The molecule has 0 bridgehead atoms. The number of aliphatic hydroxyl groups excluding tert-OH is 2. The molecular formula is C11H13NO5. The van der Waals surface area contributed by atoms with Crippen LogP contribution in [0.5, 0.6) is 5.75 Å². The fraction of sp³-hybridized carbons (Fsp3) is 0.273. The van der Waals surface area contributed by atoms with Crippen LogP contribution in [0.2, 0.25) is 0 Å². The van der Waals surface area contributed by atoms with Crippen molar-refractivity contribution in [2.75, 3.05) is 0 Å². The summed E-state index contributed by atoms with van der Waals surface area (Å²) in [6.07, 6.45) is -3.31. The van der Waals surface area contributed by atoms with Crippen molar-refractivity contribution in [3.8, 4) is 5.75 Å². The minimum absolute atomic E-state index is 0.0921. The second-order valence-electron chi connectivity index (χ2n) is 3.62. The summed E-state index contributed by atoms with van der Waals surface area (Å²) in [4.78, 5) is 21.7. The summed E-state index contributed by atoms with van der Waals surface area (Å²) in [6, 6.07) is 3.73. The number of aliphatic hydroxyl groups is 2. The van der Waals surface area contributed by atoms with Gasteiger partial charge in [-0.05, 0) is 24.6 Å². The normalized spacial score (nSPS) is 14.1. The van der Waals surface area contributed by atoms with Crippen LogP contribution in [0.15, 0.2) is 18.2 Å². The van der Waals surface area contributed by atoms with E-state index in [0.29, 0.717) is 0 Å². The van der Waals surface area contributed by atoms with E-state index < -0.39 is 18.1 Å². The Bertz CT molecular complexity index is 457. The number of hydrogen-bond acceptors (Lipinski definition) is 5. The summed E-state index contributed by atoms with van der Waals surface area (Å²) in [5.74, 6) is -1.74. The van der Waals surface area contributed by atoms with Crippen molar-refractivity contribution in [3.05, 3.63) is 29.3 Å². The van der Waals surface area contributed by atoms with Gasteiger partial charge in [-0.15, -0.1) is 0 Å². The first-order chi connectivity index (χ1) is 7.84. The van der Waals surface area contributed by atoms with Crippen molar-refractivity contribution in [1.29, 1.82) is 0 Å². The van der Waals surface area contributed by atoms with Crippen molar-refractivity contribution in [3.63, 3.8) is 0 Å². The largest absolute Gasteiger partial charge is 0.507 e. The van der Waals surface area contributed by atoms with Gasteiger partial charge in [0.1, 0.15) is 11.9 Å². The molecule has 0 spiro atoms. The van der Waals surface area contributed by atoms with Crippen LogP contribution in [0.25, 0.3) is 0 Å². The molecule has 0 radical (unpaired) electrons. The van der Waals surface area contributed by atoms with E-state index in [-0.39, 0.29) is 22.7 Å². The standard InChI is InChI=1S/C11H13NO5/c1-5(13)7-3-2-6(4-8(7)14)9(15)10(16)11(12)17/h2-4,9-10,14-16H,1H3,(H2,12,17). The zero-order valence-corrected chi connectivity index (χ0v) is 9.12. The quantitative estimate of drug-likeness (QED) is 0.526. The number of ketones is 1. The zero-order chi connectivity index (χ0) is 13.2. The van der Waals surface area contributed by atoms with Gasteiger partial charge in [-0.2, -0.15) is 0 Å². The average Bonchev–Trinajstić information content (AvgIpc) is 2.26. The molecule has 6 nitrogen and oxygen atoms in total. The lowest BCUT2D eigenvalue weighted by atomic mass is 10.0. The van der Waals surface area contributed by atoms with Crippen LogP contribution >= 0.6 is 0 Å². The molecule has 0 aliphatic carbocycles. The highest BCUT2D eigenvalue weighted by molar-refractivity contribution is 5.96. The fourth-order valence-corrected chi connectivity index (χ4v) is 1.37. The van der Waals surface area contributed by atoms with Gasteiger partial charge in [0.25, 0.3) is 0 Å². The lowest BCUT2D eigenvalue weighted by molar-refractivity contribution is -0.131. The molecule has 17 heavy (non-hydrogen) atoms. The molecule has 5 N–H and O–H groups in total. The van der Waals surface area contributed by atoms with E-state index >= 15 is 0 Å². The molecular weight excluding hydrogens is 226 g/mol. The molecule has 0 saturated heterocycles. The van der Waals surface area contributed by atoms with Gasteiger partial charge >= 0.3 is 0 Å². The van der Waals surface area contributed by atoms with E-state index in [0.717, 1.165) is 6.07 Å². The van der Waals surface area contributed by atoms with E-state index in [4.69, 9.17) is 5.73 Å². The fourth-order valence-electron chi connectivity index (χ4n) is 1.37. The molecule has 2 unspecified atom stereocenters. The molecule has 0 saturated carbocycles. The van der Waals surface area contributed by atoms with Crippen LogP contribution < -0.4 is 5.73 Å². The predicted molar refractivity (Wildman–Crippen MR) is 58.3 cm³/mol. The summed E-state index contributed by atoms with van der Waals surface area (Å²) in [6.45, 7) is 1.28. The molecule has 2 atom stereocenters. The van der Waals surface area contributed by atoms with Crippen LogP contribution in [0.1, 0.15) is 28.9 Å². The summed E-state index contributed by atoms with van der Waals surface area (Å²) < 4.78 is 0. The third kappa shape index (κ3) is 2.80. The van der Waals surface area contributed by atoms with Crippen molar-refractivity contribution in [2.45, 2.75) is 19.1 Å². The number of phenolic OH excluding ortho intramolecular Hbond substituents is 1. The first kappa shape index (κ1) is 13.1. The highest BCUT2D eigenvalue weighted by Gasteiger charge is 2.24. The van der Waals surface area contributed by atoms with Crippen molar-refractivity contribution in [2.24, 2.45) is 5.73 Å². The van der Waals surface area contributed by atoms with Crippen molar-refractivity contribution >= 4 is 11.7 Å². The van der Waals surface area contributed by atoms with Gasteiger partial charge in [0, 0.05) is 0 Å². The number of hydrogen-bond donors (Lipinski definition) is 4. The predicted octanol–water partition coefficient (Wildman–Crippen LogP) is -0.526. The molecule has 92 valence electrons. The Morgan fingerprint density at radius 1 is 1.29 bits per heavy atom. The monoisotopic (exact) mass is 239 g/mol. The van der Waals surface area contributed by atoms with E-state index in [1.807, 2.05) is 0 Å². The minimum atomic E-state index is -1.77. The molecule has 0 aliphatic heterocycles. The lowest BCUT2D eigenvalue weighted by Gasteiger charge is -2.15. The lowest BCUT2D eigenvalue weighted by Crippen LogP contribution is -2.33. The maximum absolute atomic E-state index is 11.0. The average molecular weight is 239 g/mol. The van der Waals surface area contributed by atoms with Crippen molar-refractivity contribution in [1.82, 2.24) is 0 Å². The van der Waals surface area contributed by atoms with Gasteiger partial charge in [-0.1, -0.05) is 6.07 Å². The van der Waals surface area contributed by atoms with Crippen molar-refractivity contribution < 1.29 is 24.9 Å². The third-order valence-electron chi connectivity index (χ3n) is 2.33. The van der Waals surface area contributed by atoms with Gasteiger partial charge in [0.2, 0.25) is 5.91 Å². The van der Waals surface area contributed by atoms with Gasteiger partial charge in [-0.25, -0.2) is 0 Å². The number of nitrogens with two attached hydrogens (primary N) is 1. The number of carbonyl (C=O) groups excluding carboxylic acids is 2. The van der Waals surface area contributed by atoms with Gasteiger partial charge in [0.05, 0.1) is 5.56 Å². The molecule has 0 aliphatic rings. The molecule has 1 rings (SSSR count). The molecule has 0 aromatic heterocycles. The Hall–Kier alpha value is -1.92. The number of benzene rings is 1. The Morgan fingerprint density at radius 2 is 1.88 bits per heavy atom. The number of aromatic hydroxyl groups is 1. The maximum Gasteiger partial charge on any atom is 0.249 e. The number of amides is 1. The highest BCUT2D eigenvalue weighted by Crippen LogP contribution is 2.25. The summed E-state index contributed by atoms with van der Waals surface area (Å²) in [5, 5.41) is 28.3. The molecule has 0 heterocycles. The molecule has 1 aromatic carbocycles. The van der Waals surface area contributed by atoms with E-state index in [2.05, 4.69) is 0 Å². The third-order valence-corrected chi connectivity index (χ3v) is 2.33. The number of rotatable bonds is 4. The van der Waals surface area contributed by atoms with E-state index in [1.54, 1.807) is 0 Å². The minimum Gasteiger partial charge on any atom is -0.507 e. The number of primary amides is 1. The van der Waals surface area contributed by atoms with Gasteiger partial charge in [0.15, 0.2) is 11.9 Å². The van der Waals surface area contributed by atoms with Crippen LogP contribution in [0.3, 0.4) is 0 Å².